The van der Waals surface area contributed by atoms with E-state index in [1.54, 1.807) is 0 Å². The summed E-state index contributed by atoms with van der Waals surface area (Å²) in [5.41, 5.74) is 3.08. The van der Waals surface area contributed by atoms with Gasteiger partial charge in [0.2, 0.25) is 0 Å². The molecule has 1 N–H and O–H groups in total. The Hall–Kier alpha value is -0.860. The lowest BCUT2D eigenvalue weighted by atomic mass is 9.82. The molecule has 0 unspecified atom stereocenters. The van der Waals surface area contributed by atoms with Gasteiger partial charge in [0, 0.05) is 12.6 Å². The molecule has 0 heterocycles. The second-order valence-electron chi connectivity index (χ2n) is 6.53. The minimum absolute atomic E-state index is 0.281. The third-order valence-electron chi connectivity index (χ3n) is 4.41. The maximum atomic E-state index is 5.67. The van der Waals surface area contributed by atoms with Crippen LogP contribution in [0.25, 0.3) is 0 Å². The minimum atomic E-state index is 0.281. The largest absolute Gasteiger partial charge is 0.380 e. The normalized spacial score (nSPS) is 15.6. The number of rotatable bonds is 9. The molecule has 1 aliphatic carbocycles. The maximum Gasteiger partial charge on any atom is 0.0591 e. The third-order valence-corrected chi connectivity index (χ3v) is 4.41. The van der Waals surface area contributed by atoms with Gasteiger partial charge in [-0.3, -0.25) is 0 Å². The highest BCUT2D eigenvalue weighted by atomic mass is 16.5. The van der Waals surface area contributed by atoms with Gasteiger partial charge in [-0.25, -0.2) is 0 Å². The van der Waals surface area contributed by atoms with Crippen LogP contribution in [0.2, 0.25) is 0 Å². The van der Waals surface area contributed by atoms with Crippen LogP contribution in [-0.2, 0) is 16.6 Å². The van der Waals surface area contributed by atoms with E-state index in [1.807, 2.05) is 0 Å². The van der Waals surface area contributed by atoms with Gasteiger partial charge in [-0.1, -0.05) is 45.0 Å². The molecule has 0 atom stereocenters. The van der Waals surface area contributed by atoms with Crippen LogP contribution in [-0.4, -0.2) is 25.8 Å². The predicted octanol–water partition coefficient (Wildman–Crippen LogP) is 3.69. The fraction of sp³-hybridized carbons (Fsp3) is 0.667. The molecule has 112 valence electrons. The standard InChI is InChI=1S/C18H29NO/c1-4-18(2,3)16-7-5-15(6-8-16)11-13-20-14-12-19-17-9-10-17/h5-8,17,19H,4,9-14H2,1-3H3. The van der Waals surface area contributed by atoms with Gasteiger partial charge in [-0.05, 0) is 42.2 Å². The first-order valence-electron chi connectivity index (χ1n) is 8.02. The molecule has 1 aromatic rings. The Labute approximate surface area is 123 Å². The lowest BCUT2D eigenvalue weighted by Crippen LogP contribution is -2.22. The van der Waals surface area contributed by atoms with Crippen molar-refractivity contribution in [2.45, 2.75) is 57.9 Å². The molecule has 0 saturated heterocycles. The van der Waals surface area contributed by atoms with Crippen LogP contribution < -0.4 is 5.32 Å². The second-order valence-corrected chi connectivity index (χ2v) is 6.53. The molecule has 1 fully saturated rings. The van der Waals surface area contributed by atoms with E-state index in [4.69, 9.17) is 4.74 Å². The first-order chi connectivity index (χ1) is 9.62. The zero-order valence-corrected chi connectivity index (χ0v) is 13.2. The molecule has 1 saturated carbocycles. The van der Waals surface area contributed by atoms with E-state index in [0.717, 1.165) is 32.2 Å². The second kappa shape index (κ2) is 7.24. The molecule has 0 radical (unpaired) electrons. The Kier molecular flexibility index (Phi) is 5.62. The number of benzene rings is 1. The van der Waals surface area contributed by atoms with Gasteiger partial charge in [0.15, 0.2) is 0 Å². The molecule has 0 aromatic heterocycles. The van der Waals surface area contributed by atoms with Gasteiger partial charge in [0.05, 0.1) is 13.2 Å². The van der Waals surface area contributed by atoms with E-state index >= 15 is 0 Å². The summed E-state index contributed by atoms with van der Waals surface area (Å²) in [5, 5.41) is 3.46. The lowest BCUT2D eigenvalue weighted by molar-refractivity contribution is 0.138. The van der Waals surface area contributed by atoms with E-state index in [0.29, 0.717) is 0 Å². The summed E-state index contributed by atoms with van der Waals surface area (Å²) in [4.78, 5) is 0. The fourth-order valence-electron chi connectivity index (χ4n) is 2.24. The van der Waals surface area contributed by atoms with Gasteiger partial charge in [0.25, 0.3) is 0 Å². The average molecular weight is 275 g/mol. The number of hydrogen-bond acceptors (Lipinski definition) is 2. The van der Waals surface area contributed by atoms with E-state index < -0.39 is 0 Å². The highest BCUT2D eigenvalue weighted by Crippen LogP contribution is 2.26. The van der Waals surface area contributed by atoms with Crippen molar-refractivity contribution in [3.05, 3.63) is 35.4 Å². The Morgan fingerprint density at radius 2 is 1.85 bits per heavy atom. The lowest BCUT2D eigenvalue weighted by Gasteiger charge is -2.23. The van der Waals surface area contributed by atoms with Gasteiger partial charge in [-0.15, -0.1) is 0 Å². The summed E-state index contributed by atoms with van der Waals surface area (Å²) in [6.45, 7) is 9.50. The van der Waals surface area contributed by atoms with Crippen molar-refractivity contribution in [3.63, 3.8) is 0 Å². The van der Waals surface area contributed by atoms with Crippen molar-refractivity contribution in [1.82, 2.24) is 5.32 Å². The average Bonchev–Trinajstić information content (AvgIpc) is 3.27. The van der Waals surface area contributed by atoms with E-state index in [9.17, 15) is 0 Å². The quantitative estimate of drug-likeness (QED) is 0.694. The van der Waals surface area contributed by atoms with Crippen molar-refractivity contribution in [1.29, 1.82) is 0 Å². The number of ether oxygens (including phenoxy) is 1. The van der Waals surface area contributed by atoms with Crippen LogP contribution in [0.5, 0.6) is 0 Å². The Bertz CT molecular complexity index is 392. The highest BCUT2D eigenvalue weighted by Gasteiger charge is 2.19. The SMILES string of the molecule is CCC(C)(C)c1ccc(CCOCCNC2CC2)cc1. The monoisotopic (exact) mass is 275 g/mol. The first-order valence-corrected chi connectivity index (χ1v) is 8.02. The van der Waals surface area contributed by atoms with Gasteiger partial charge < -0.3 is 10.1 Å². The zero-order chi connectivity index (χ0) is 14.4. The van der Waals surface area contributed by atoms with E-state index in [-0.39, 0.29) is 5.41 Å². The van der Waals surface area contributed by atoms with Crippen LogP contribution in [0.3, 0.4) is 0 Å². The summed E-state index contributed by atoms with van der Waals surface area (Å²) in [6, 6.07) is 9.82. The van der Waals surface area contributed by atoms with Crippen molar-refractivity contribution >= 4 is 0 Å². The first kappa shape index (κ1) is 15.5. The molecule has 1 aliphatic rings. The van der Waals surface area contributed by atoms with Crippen molar-refractivity contribution in [2.75, 3.05) is 19.8 Å². The van der Waals surface area contributed by atoms with Gasteiger partial charge in [-0.2, -0.15) is 0 Å². The van der Waals surface area contributed by atoms with Crippen LogP contribution in [0.15, 0.2) is 24.3 Å². The zero-order valence-electron chi connectivity index (χ0n) is 13.2. The molecule has 0 spiro atoms. The fourth-order valence-corrected chi connectivity index (χ4v) is 2.24. The van der Waals surface area contributed by atoms with Crippen molar-refractivity contribution in [2.24, 2.45) is 0 Å². The highest BCUT2D eigenvalue weighted by molar-refractivity contribution is 5.28. The molecular weight excluding hydrogens is 246 g/mol. The smallest absolute Gasteiger partial charge is 0.0591 e. The van der Waals surface area contributed by atoms with Crippen LogP contribution in [0.1, 0.15) is 51.2 Å². The molecule has 0 amide bonds. The van der Waals surface area contributed by atoms with Crippen LogP contribution in [0, 0.1) is 0 Å². The molecule has 2 rings (SSSR count). The Morgan fingerprint density at radius 3 is 2.45 bits per heavy atom. The molecule has 1 aromatic carbocycles. The van der Waals surface area contributed by atoms with Crippen molar-refractivity contribution < 1.29 is 4.74 Å². The molecule has 2 heteroatoms. The summed E-state index contributed by atoms with van der Waals surface area (Å²) in [7, 11) is 0. The maximum absolute atomic E-state index is 5.67. The molecule has 0 bridgehead atoms. The topological polar surface area (TPSA) is 21.3 Å². The van der Waals surface area contributed by atoms with E-state index in [2.05, 4.69) is 50.4 Å². The minimum Gasteiger partial charge on any atom is -0.380 e. The van der Waals surface area contributed by atoms with Gasteiger partial charge >= 0.3 is 0 Å². The van der Waals surface area contributed by atoms with Crippen LogP contribution >= 0.6 is 0 Å². The summed E-state index contributed by atoms with van der Waals surface area (Å²) in [5.74, 6) is 0. The molecule has 20 heavy (non-hydrogen) atoms. The third kappa shape index (κ3) is 4.92. The van der Waals surface area contributed by atoms with Crippen molar-refractivity contribution in [3.8, 4) is 0 Å². The molecule has 0 aliphatic heterocycles. The molecule has 2 nitrogen and oxygen atoms in total. The summed E-state index contributed by atoms with van der Waals surface area (Å²) >= 11 is 0. The summed E-state index contributed by atoms with van der Waals surface area (Å²) < 4.78 is 5.67. The number of nitrogens with one attached hydrogen (secondary N) is 1. The van der Waals surface area contributed by atoms with Gasteiger partial charge in [0.1, 0.15) is 0 Å². The van der Waals surface area contributed by atoms with Crippen LogP contribution in [0.4, 0.5) is 0 Å². The Morgan fingerprint density at radius 1 is 1.15 bits per heavy atom. The number of hydrogen-bond donors (Lipinski definition) is 1. The predicted molar refractivity (Wildman–Crippen MR) is 85.3 cm³/mol. The molecular formula is C18H29NO. The Balaban J connectivity index is 1.65. The summed E-state index contributed by atoms with van der Waals surface area (Å²) in [6.07, 6.45) is 4.88. The van der Waals surface area contributed by atoms with E-state index in [1.165, 1.54) is 30.4 Å².